The summed E-state index contributed by atoms with van der Waals surface area (Å²) >= 11 is 0. The quantitative estimate of drug-likeness (QED) is 0.396. The van der Waals surface area contributed by atoms with Crippen LogP contribution in [0.1, 0.15) is 12.0 Å². The number of H-pyrrole nitrogens is 1. The predicted molar refractivity (Wildman–Crippen MR) is 113 cm³/mol. The van der Waals surface area contributed by atoms with Crippen molar-refractivity contribution >= 4 is 34.1 Å². The van der Waals surface area contributed by atoms with Gasteiger partial charge in [-0.2, -0.15) is 18.3 Å². The van der Waals surface area contributed by atoms with E-state index >= 15 is 0 Å². The molecule has 0 radical (unpaired) electrons. The van der Waals surface area contributed by atoms with Crippen molar-refractivity contribution in [1.29, 1.82) is 0 Å². The van der Waals surface area contributed by atoms with E-state index in [0.717, 1.165) is 23.1 Å². The lowest BCUT2D eigenvalue weighted by Crippen LogP contribution is -2.21. The van der Waals surface area contributed by atoms with E-state index in [-0.39, 0.29) is 5.69 Å². The number of anilines is 2. The molecule has 10 heteroatoms. The highest BCUT2D eigenvalue weighted by Crippen LogP contribution is 2.31. The molecule has 2 aromatic heterocycles. The summed E-state index contributed by atoms with van der Waals surface area (Å²) in [5.74, 6) is -1.34. The Morgan fingerprint density at radius 3 is 2.38 bits per heavy atom. The van der Waals surface area contributed by atoms with Gasteiger partial charge >= 0.3 is 6.18 Å². The lowest BCUT2D eigenvalue weighted by Gasteiger charge is -2.10. The van der Waals surface area contributed by atoms with E-state index in [1.165, 1.54) is 12.1 Å². The molecule has 32 heavy (non-hydrogen) atoms. The maximum absolute atomic E-state index is 12.8. The predicted octanol–water partition coefficient (Wildman–Crippen LogP) is 4.61. The van der Waals surface area contributed by atoms with Gasteiger partial charge in [-0.3, -0.25) is 19.7 Å². The number of nitrogens with one attached hydrogen (secondary N) is 3. The summed E-state index contributed by atoms with van der Waals surface area (Å²) in [6.45, 7) is 0. The molecule has 2 amide bonds. The first-order valence-corrected chi connectivity index (χ1v) is 9.45. The third-order valence-corrected chi connectivity index (χ3v) is 4.58. The third-order valence-electron chi connectivity index (χ3n) is 4.58. The van der Waals surface area contributed by atoms with Crippen LogP contribution < -0.4 is 10.6 Å². The van der Waals surface area contributed by atoms with Crippen molar-refractivity contribution in [3.63, 3.8) is 0 Å². The average Bonchev–Trinajstić information content (AvgIpc) is 3.17. The van der Waals surface area contributed by atoms with E-state index < -0.39 is 30.0 Å². The molecule has 0 aliphatic heterocycles. The number of aromatic amines is 1. The second-order valence-electron chi connectivity index (χ2n) is 6.93. The van der Waals surface area contributed by atoms with Crippen LogP contribution in [0.25, 0.3) is 22.2 Å². The zero-order valence-corrected chi connectivity index (χ0v) is 16.4. The van der Waals surface area contributed by atoms with Crippen LogP contribution in [-0.2, 0) is 15.8 Å². The Hall–Kier alpha value is -4.21. The SMILES string of the molecule is O=C(CC(=O)Nc1ccc2c(-c3cccnc3)n[nH]c2c1)Nc1cccc(C(F)(F)F)c1. The molecule has 2 heterocycles. The fourth-order valence-electron chi connectivity index (χ4n) is 3.15. The van der Waals surface area contributed by atoms with Crippen LogP contribution in [0.3, 0.4) is 0 Å². The molecule has 0 fully saturated rings. The van der Waals surface area contributed by atoms with E-state index in [2.05, 4.69) is 25.8 Å². The van der Waals surface area contributed by atoms with Crippen molar-refractivity contribution in [2.24, 2.45) is 0 Å². The van der Waals surface area contributed by atoms with Crippen LogP contribution >= 0.6 is 0 Å². The van der Waals surface area contributed by atoms with Gasteiger partial charge in [-0.25, -0.2) is 0 Å². The second-order valence-corrected chi connectivity index (χ2v) is 6.93. The molecular formula is C22H16F3N5O2. The summed E-state index contributed by atoms with van der Waals surface area (Å²) in [5.41, 5.74) is 1.73. The minimum Gasteiger partial charge on any atom is -0.326 e. The number of benzene rings is 2. The van der Waals surface area contributed by atoms with Gasteiger partial charge in [-0.1, -0.05) is 6.07 Å². The molecular weight excluding hydrogens is 423 g/mol. The molecule has 0 saturated heterocycles. The van der Waals surface area contributed by atoms with Crippen LogP contribution in [0.5, 0.6) is 0 Å². The number of hydrogen-bond donors (Lipinski definition) is 3. The number of amides is 2. The van der Waals surface area contributed by atoms with Gasteiger partial charge in [0.1, 0.15) is 12.1 Å². The Kier molecular flexibility index (Phi) is 5.59. The maximum atomic E-state index is 12.8. The van der Waals surface area contributed by atoms with Crippen molar-refractivity contribution in [2.75, 3.05) is 10.6 Å². The molecule has 2 aromatic carbocycles. The summed E-state index contributed by atoms with van der Waals surface area (Å²) in [6, 6.07) is 13.0. The normalized spacial score (nSPS) is 11.3. The summed E-state index contributed by atoms with van der Waals surface area (Å²) in [4.78, 5) is 28.4. The van der Waals surface area contributed by atoms with Gasteiger partial charge < -0.3 is 10.6 Å². The summed E-state index contributed by atoms with van der Waals surface area (Å²) < 4.78 is 38.3. The Morgan fingerprint density at radius 1 is 0.938 bits per heavy atom. The Labute approximate surface area is 179 Å². The largest absolute Gasteiger partial charge is 0.416 e. The molecule has 0 aliphatic carbocycles. The number of alkyl halides is 3. The van der Waals surface area contributed by atoms with Crippen molar-refractivity contribution in [3.05, 3.63) is 72.6 Å². The highest BCUT2D eigenvalue weighted by atomic mass is 19.4. The molecule has 0 bridgehead atoms. The van der Waals surface area contributed by atoms with Crippen LogP contribution in [0.15, 0.2) is 67.0 Å². The number of nitrogens with zero attached hydrogens (tertiary/aromatic N) is 2. The first-order valence-electron chi connectivity index (χ1n) is 9.45. The highest BCUT2D eigenvalue weighted by Gasteiger charge is 2.30. The van der Waals surface area contributed by atoms with Gasteiger partial charge in [0.15, 0.2) is 0 Å². The minimum absolute atomic E-state index is 0.0422. The molecule has 0 saturated carbocycles. The van der Waals surface area contributed by atoms with Crippen molar-refractivity contribution < 1.29 is 22.8 Å². The number of carbonyl (C=O) groups excluding carboxylic acids is 2. The lowest BCUT2D eigenvalue weighted by molar-refractivity contribution is -0.137. The molecule has 4 rings (SSSR count). The minimum atomic E-state index is -4.53. The van der Waals surface area contributed by atoms with Crippen LogP contribution in [0.2, 0.25) is 0 Å². The van der Waals surface area contributed by atoms with Crippen molar-refractivity contribution in [1.82, 2.24) is 15.2 Å². The number of fused-ring (bicyclic) bond motifs is 1. The molecule has 162 valence electrons. The number of rotatable bonds is 5. The van der Waals surface area contributed by atoms with Crippen LogP contribution in [0.4, 0.5) is 24.5 Å². The van der Waals surface area contributed by atoms with E-state index in [0.29, 0.717) is 16.9 Å². The van der Waals surface area contributed by atoms with E-state index in [1.54, 1.807) is 36.7 Å². The van der Waals surface area contributed by atoms with Gasteiger partial charge in [-0.15, -0.1) is 0 Å². The van der Waals surface area contributed by atoms with Gasteiger partial charge in [-0.05, 0) is 48.5 Å². The number of aromatic nitrogens is 3. The first kappa shape index (κ1) is 21.0. The molecule has 0 atom stereocenters. The number of carbonyl (C=O) groups is 2. The van der Waals surface area contributed by atoms with Crippen molar-refractivity contribution in [3.8, 4) is 11.3 Å². The fraction of sp³-hybridized carbons (Fsp3) is 0.0909. The molecule has 4 aromatic rings. The van der Waals surface area contributed by atoms with E-state index in [9.17, 15) is 22.8 Å². The van der Waals surface area contributed by atoms with E-state index in [4.69, 9.17) is 0 Å². The number of pyridine rings is 1. The molecule has 0 unspecified atom stereocenters. The second kappa shape index (κ2) is 8.50. The summed E-state index contributed by atoms with van der Waals surface area (Å²) in [6.07, 6.45) is -1.73. The monoisotopic (exact) mass is 439 g/mol. The molecule has 0 spiro atoms. The highest BCUT2D eigenvalue weighted by molar-refractivity contribution is 6.08. The van der Waals surface area contributed by atoms with Gasteiger partial charge in [0, 0.05) is 34.7 Å². The fourth-order valence-corrected chi connectivity index (χ4v) is 3.15. The third kappa shape index (κ3) is 4.75. The smallest absolute Gasteiger partial charge is 0.326 e. The Balaban J connectivity index is 1.40. The average molecular weight is 439 g/mol. The van der Waals surface area contributed by atoms with Crippen molar-refractivity contribution in [2.45, 2.75) is 12.6 Å². The zero-order valence-electron chi connectivity index (χ0n) is 16.4. The first-order chi connectivity index (χ1) is 15.3. The molecule has 3 N–H and O–H groups in total. The Morgan fingerprint density at radius 2 is 1.69 bits per heavy atom. The molecule has 0 aliphatic rings. The van der Waals surface area contributed by atoms with Gasteiger partial charge in [0.25, 0.3) is 0 Å². The van der Waals surface area contributed by atoms with Crippen LogP contribution in [-0.4, -0.2) is 27.0 Å². The zero-order chi connectivity index (χ0) is 22.7. The van der Waals surface area contributed by atoms with Gasteiger partial charge in [0.05, 0.1) is 11.1 Å². The molecule has 7 nitrogen and oxygen atoms in total. The number of halogens is 3. The summed E-state index contributed by atoms with van der Waals surface area (Å²) in [7, 11) is 0. The topological polar surface area (TPSA) is 99.8 Å². The Bertz CT molecular complexity index is 1290. The van der Waals surface area contributed by atoms with Crippen LogP contribution in [0, 0.1) is 0 Å². The summed E-state index contributed by atoms with van der Waals surface area (Å²) in [5, 5.41) is 12.9. The lowest BCUT2D eigenvalue weighted by atomic mass is 10.1. The number of hydrogen-bond acceptors (Lipinski definition) is 4. The standard InChI is InChI=1S/C22H16F3N5O2/c23-22(24,25)14-4-1-5-15(9-14)27-19(31)11-20(32)28-16-6-7-17-18(10-16)29-30-21(17)13-3-2-8-26-12-13/h1-10,12H,11H2,(H,27,31)(H,28,32)(H,29,30). The van der Waals surface area contributed by atoms with E-state index in [1.807, 2.05) is 6.07 Å². The maximum Gasteiger partial charge on any atom is 0.416 e. The van der Waals surface area contributed by atoms with Gasteiger partial charge in [0.2, 0.25) is 11.8 Å².